The molecule has 4 aromatic rings. The Balaban J connectivity index is 0.000000388. The van der Waals surface area contributed by atoms with Crippen molar-refractivity contribution in [2.24, 2.45) is 0 Å². The molecule has 0 spiro atoms. The summed E-state index contributed by atoms with van der Waals surface area (Å²) in [4.78, 5) is 55.2. The second kappa shape index (κ2) is 28.7. The van der Waals surface area contributed by atoms with Crippen LogP contribution in [-0.2, 0) is 30.3 Å². The van der Waals surface area contributed by atoms with Crippen LogP contribution in [0.3, 0.4) is 0 Å². The van der Waals surface area contributed by atoms with Crippen molar-refractivity contribution >= 4 is 30.3 Å². The Labute approximate surface area is 352 Å². The van der Waals surface area contributed by atoms with Crippen LogP contribution >= 0.6 is 0 Å². The first-order valence-corrected chi connectivity index (χ1v) is 19.7. The molecule has 320 valence electrons. The molecule has 0 heterocycles. The van der Waals surface area contributed by atoms with E-state index in [9.17, 15) is 19.2 Å². The van der Waals surface area contributed by atoms with Crippen LogP contribution in [0.5, 0.6) is 23.0 Å². The summed E-state index contributed by atoms with van der Waals surface area (Å²) in [6.07, 6.45) is 6.00. The van der Waals surface area contributed by atoms with E-state index in [0.29, 0.717) is 71.7 Å². The first kappa shape index (κ1) is 49.5. The van der Waals surface area contributed by atoms with Crippen molar-refractivity contribution in [3.05, 3.63) is 144 Å². The van der Waals surface area contributed by atoms with Gasteiger partial charge in [-0.1, -0.05) is 49.9 Å². The molecule has 12 nitrogen and oxygen atoms in total. The summed E-state index contributed by atoms with van der Waals surface area (Å²) in [6.45, 7) is 16.0. The minimum Gasteiger partial charge on any atom is -0.494 e. The quantitative estimate of drug-likeness (QED) is 0.0279. The number of benzene rings is 4. The highest BCUT2D eigenvalue weighted by Crippen LogP contribution is 2.19. The fourth-order valence-electron chi connectivity index (χ4n) is 4.82. The molecule has 4 aromatic carbocycles. The lowest BCUT2D eigenvalue weighted by atomic mass is 10.2. The molecular formula is C48H56O12. The summed E-state index contributed by atoms with van der Waals surface area (Å²) in [5.41, 5.74) is 4.06. The van der Waals surface area contributed by atoms with Crippen molar-refractivity contribution < 1.29 is 57.5 Å². The standard InChI is InChI=1S/C24H28O5.C23H26O5.CH2O2/c1-4-19-8-12-22(13-9-19)29-24(26)20-10-14-21(15-11-20)27-16-6-5-7-17-28-23(25)18(2)3;1-17(2)22(24)27-16-6-4-5-15-26-20-13-9-19(10-14-20)23(25)28-21-11-7-18(3)8-12-21;2-1-3/h8-15H,2,4-7,16-17H2,1,3H3;7-14H,1,4-6,15-16H2,2-3H3;1H,(H,2,3). The Morgan fingerprint density at radius 1 is 0.533 bits per heavy atom. The van der Waals surface area contributed by atoms with Crippen LogP contribution in [0.1, 0.15) is 91.1 Å². The lowest BCUT2D eigenvalue weighted by molar-refractivity contribution is -0.139. The van der Waals surface area contributed by atoms with Gasteiger partial charge in [0.25, 0.3) is 6.47 Å². The average Bonchev–Trinajstić information content (AvgIpc) is 3.24. The number of hydrogen-bond acceptors (Lipinski definition) is 11. The molecule has 60 heavy (non-hydrogen) atoms. The van der Waals surface area contributed by atoms with Crippen molar-refractivity contribution in [2.45, 2.75) is 72.6 Å². The molecule has 0 unspecified atom stereocenters. The molecule has 0 bridgehead atoms. The van der Waals surface area contributed by atoms with E-state index in [1.807, 2.05) is 31.2 Å². The molecule has 1 N–H and O–H groups in total. The van der Waals surface area contributed by atoms with Gasteiger partial charge in [-0.2, -0.15) is 0 Å². The molecule has 0 fully saturated rings. The van der Waals surface area contributed by atoms with Crippen molar-refractivity contribution in [3.63, 3.8) is 0 Å². The van der Waals surface area contributed by atoms with Crippen LogP contribution in [0.2, 0.25) is 0 Å². The van der Waals surface area contributed by atoms with E-state index in [-0.39, 0.29) is 18.4 Å². The summed E-state index contributed by atoms with van der Waals surface area (Å²) in [6, 6.07) is 28.6. The molecule has 0 radical (unpaired) electrons. The van der Waals surface area contributed by atoms with Gasteiger partial charge in [-0.05, 0) is 144 Å². The molecule has 0 saturated heterocycles. The number of ether oxygens (including phenoxy) is 6. The summed E-state index contributed by atoms with van der Waals surface area (Å²) >= 11 is 0. The van der Waals surface area contributed by atoms with Crippen LogP contribution in [0.4, 0.5) is 0 Å². The Kier molecular flexibility index (Phi) is 23.6. The zero-order valence-corrected chi connectivity index (χ0v) is 34.9. The van der Waals surface area contributed by atoms with Gasteiger partial charge in [-0.3, -0.25) is 4.79 Å². The van der Waals surface area contributed by atoms with Gasteiger partial charge in [0.1, 0.15) is 23.0 Å². The summed E-state index contributed by atoms with van der Waals surface area (Å²) < 4.78 is 32.1. The van der Waals surface area contributed by atoms with Crippen molar-refractivity contribution in [1.29, 1.82) is 0 Å². The Bertz CT molecular complexity index is 1930. The first-order valence-electron chi connectivity index (χ1n) is 19.7. The second-order valence-corrected chi connectivity index (χ2v) is 13.4. The number of carbonyl (C=O) groups is 5. The van der Waals surface area contributed by atoms with E-state index in [1.165, 1.54) is 5.56 Å². The van der Waals surface area contributed by atoms with Crippen molar-refractivity contribution in [3.8, 4) is 23.0 Å². The Hall–Kier alpha value is -6.69. The summed E-state index contributed by atoms with van der Waals surface area (Å²) in [5, 5.41) is 6.89. The fourth-order valence-corrected chi connectivity index (χ4v) is 4.82. The molecule has 0 aliphatic heterocycles. The normalized spacial score (nSPS) is 9.93. The van der Waals surface area contributed by atoms with Crippen molar-refractivity contribution in [1.82, 2.24) is 0 Å². The SMILES string of the molecule is C=C(C)C(=O)OCCCCCOc1ccc(C(=O)Oc2ccc(C)cc2)cc1.C=C(C)C(=O)OCCCCCOc1ccc(C(=O)Oc2ccc(CC)cc2)cc1.O=CO. The largest absolute Gasteiger partial charge is 0.494 e. The maximum atomic E-state index is 12.2. The van der Waals surface area contributed by atoms with Crippen molar-refractivity contribution in [2.75, 3.05) is 26.4 Å². The van der Waals surface area contributed by atoms with Gasteiger partial charge in [0.15, 0.2) is 0 Å². The molecule has 12 heteroatoms. The Morgan fingerprint density at radius 2 is 0.867 bits per heavy atom. The van der Waals surface area contributed by atoms with Gasteiger partial charge in [0.2, 0.25) is 0 Å². The van der Waals surface area contributed by atoms with E-state index in [2.05, 4.69) is 20.1 Å². The number of esters is 4. The zero-order chi connectivity index (χ0) is 44.1. The average molecular weight is 825 g/mol. The third-order valence-electron chi connectivity index (χ3n) is 8.23. The van der Waals surface area contributed by atoms with Crippen LogP contribution < -0.4 is 18.9 Å². The van der Waals surface area contributed by atoms with Crippen LogP contribution in [-0.4, -0.2) is 61.9 Å². The third kappa shape index (κ3) is 20.6. The van der Waals surface area contributed by atoms with Gasteiger partial charge in [0.05, 0.1) is 37.6 Å². The third-order valence-corrected chi connectivity index (χ3v) is 8.23. The van der Waals surface area contributed by atoms with Gasteiger partial charge >= 0.3 is 23.9 Å². The topological polar surface area (TPSA) is 161 Å². The molecular weight excluding hydrogens is 769 g/mol. The summed E-state index contributed by atoms with van der Waals surface area (Å²) in [7, 11) is 0. The number of unbranched alkanes of at least 4 members (excludes halogenated alkanes) is 4. The summed E-state index contributed by atoms with van der Waals surface area (Å²) in [5.74, 6) is 0.939. The monoisotopic (exact) mass is 824 g/mol. The maximum Gasteiger partial charge on any atom is 0.343 e. The van der Waals surface area contributed by atoms with Crippen LogP contribution in [0, 0.1) is 6.92 Å². The maximum absolute atomic E-state index is 12.2. The van der Waals surface area contributed by atoms with Crippen LogP contribution in [0.25, 0.3) is 0 Å². The van der Waals surface area contributed by atoms with E-state index in [1.54, 1.807) is 86.6 Å². The zero-order valence-electron chi connectivity index (χ0n) is 34.9. The number of aryl methyl sites for hydroxylation is 2. The van der Waals surface area contributed by atoms with Crippen LogP contribution in [0.15, 0.2) is 121 Å². The number of carboxylic acid groups (broad SMARTS) is 1. The Morgan fingerprint density at radius 3 is 1.22 bits per heavy atom. The van der Waals surface area contributed by atoms with Gasteiger partial charge < -0.3 is 33.5 Å². The predicted molar refractivity (Wildman–Crippen MR) is 229 cm³/mol. The highest BCUT2D eigenvalue weighted by Gasteiger charge is 2.11. The molecule has 0 aliphatic carbocycles. The van der Waals surface area contributed by atoms with E-state index in [4.69, 9.17) is 38.3 Å². The minimum atomic E-state index is -0.403. The molecule has 0 atom stereocenters. The lowest BCUT2D eigenvalue weighted by Crippen LogP contribution is -2.08. The highest BCUT2D eigenvalue weighted by molar-refractivity contribution is 5.92. The molecule has 0 amide bonds. The minimum absolute atomic E-state index is 0.250. The fraction of sp³-hybridized carbons (Fsp3) is 0.312. The molecule has 4 rings (SSSR count). The van der Waals surface area contributed by atoms with E-state index < -0.39 is 11.9 Å². The number of rotatable bonds is 21. The highest BCUT2D eigenvalue weighted by atomic mass is 16.5. The molecule has 0 aromatic heterocycles. The van der Waals surface area contributed by atoms with Gasteiger partial charge in [0, 0.05) is 11.1 Å². The predicted octanol–water partition coefficient (Wildman–Crippen LogP) is 9.72. The van der Waals surface area contributed by atoms with E-state index >= 15 is 0 Å². The first-order chi connectivity index (χ1) is 28.9. The smallest absolute Gasteiger partial charge is 0.343 e. The van der Waals surface area contributed by atoms with E-state index in [0.717, 1.165) is 50.5 Å². The number of hydrogen-bond donors (Lipinski definition) is 1. The van der Waals surface area contributed by atoms with Gasteiger partial charge in [-0.25, -0.2) is 19.2 Å². The second-order valence-electron chi connectivity index (χ2n) is 13.4. The van der Waals surface area contributed by atoms with Gasteiger partial charge in [-0.15, -0.1) is 0 Å². The molecule has 0 saturated carbocycles. The molecule has 0 aliphatic rings. The lowest BCUT2D eigenvalue weighted by Gasteiger charge is -2.08. The number of carbonyl (C=O) groups excluding carboxylic acids is 4.